The van der Waals surface area contributed by atoms with Gasteiger partial charge in [-0.1, -0.05) is 42.5 Å². The molecular weight excluding hydrogens is 350 g/mol. The van der Waals surface area contributed by atoms with Gasteiger partial charge in [0.05, 0.1) is 5.69 Å². The average molecular weight is 373 g/mol. The number of rotatable bonds is 5. The lowest BCUT2D eigenvalue weighted by Gasteiger charge is -2.32. The third kappa shape index (κ3) is 3.73. The highest BCUT2D eigenvalue weighted by Crippen LogP contribution is 2.22. The van der Waals surface area contributed by atoms with Gasteiger partial charge >= 0.3 is 10.2 Å². The first-order valence-corrected chi connectivity index (χ1v) is 9.89. The first kappa shape index (κ1) is 18.4. The van der Waals surface area contributed by atoms with Crippen molar-refractivity contribution in [2.75, 3.05) is 31.5 Å². The van der Waals surface area contributed by atoms with E-state index in [-0.39, 0.29) is 12.5 Å². The minimum atomic E-state index is -3.77. The molecule has 0 unspecified atom stereocenters. The van der Waals surface area contributed by atoms with Gasteiger partial charge in [-0.2, -0.15) is 12.7 Å². The monoisotopic (exact) mass is 373 g/mol. The number of carbonyl (C=O) groups is 1. The molecule has 1 aliphatic heterocycles. The predicted molar refractivity (Wildman–Crippen MR) is 102 cm³/mol. The minimum Gasteiger partial charge on any atom is -0.336 e. The van der Waals surface area contributed by atoms with Crippen LogP contribution in [0.3, 0.4) is 0 Å². The number of hydrogen-bond donors (Lipinski definition) is 0. The van der Waals surface area contributed by atoms with Crippen molar-refractivity contribution in [3.63, 3.8) is 0 Å². The molecular formula is C19H23N3O3S. The number of nitrogens with zero attached hydrogens (tertiary/aromatic N) is 3. The molecule has 26 heavy (non-hydrogen) atoms. The Hall–Kier alpha value is -2.38. The second-order valence-corrected chi connectivity index (χ2v) is 8.53. The van der Waals surface area contributed by atoms with Crippen molar-refractivity contribution < 1.29 is 13.2 Å². The second kappa shape index (κ2) is 7.47. The number of para-hydroxylation sites is 1. The van der Waals surface area contributed by atoms with E-state index in [9.17, 15) is 13.2 Å². The Labute approximate surface area is 154 Å². The van der Waals surface area contributed by atoms with Crippen molar-refractivity contribution in [3.8, 4) is 0 Å². The summed E-state index contributed by atoms with van der Waals surface area (Å²) in [6.07, 6.45) is 0.785. The summed E-state index contributed by atoms with van der Waals surface area (Å²) in [6.45, 7) is 0.896. The summed E-state index contributed by atoms with van der Waals surface area (Å²) >= 11 is 0. The molecule has 0 aliphatic carbocycles. The molecule has 0 atom stereocenters. The molecule has 0 aromatic heterocycles. The van der Waals surface area contributed by atoms with Crippen LogP contribution >= 0.6 is 0 Å². The van der Waals surface area contributed by atoms with Crippen molar-refractivity contribution in [2.45, 2.75) is 13.0 Å². The zero-order valence-corrected chi connectivity index (χ0v) is 15.8. The van der Waals surface area contributed by atoms with Crippen molar-refractivity contribution in [3.05, 3.63) is 65.7 Å². The Bertz CT molecular complexity index is 882. The van der Waals surface area contributed by atoms with Crippen LogP contribution in [0, 0.1) is 0 Å². The van der Waals surface area contributed by atoms with Gasteiger partial charge in [0.1, 0.15) is 6.54 Å². The number of hydrogen-bond acceptors (Lipinski definition) is 3. The lowest BCUT2D eigenvalue weighted by atomic mass is 10.00. The number of amides is 1. The van der Waals surface area contributed by atoms with Crippen LogP contribution in [0.2, 0.25) is 0 Å². The van der Waals surface area contributed by atoms with E-state index in [0.29, 0.717) is 18.8 Å². The van der Waals surface area contributed by atoms with E-state index < -0.39 is 10.2 Å². The van der Waals surface area contributed by atoms with Gasteiger partial charge < -0.3 is 4.90 Å². The molecule has 0 fully saturated rings. The Morgan fingerprint density at radius 3 is 2.27 bits per heavy atom. The Balaban J connectivity index is 1.83. The smallest absolute Gasteiger partial charge is 0.304 e. The highest BCUT2D eigenvalue weighted by atomic mass is 32.2. The fourth-order valence-electron chi connectivity index (χ4n) is 3.03. The predicted octanol–water partition coefficient (Wildman–Crippen LogP) is 1.88. The third-order valence-corrected chi connectivity index (χ3v) is 6.37. The molecule has 1 heterocycles. The van der Waals surface area contributed by atoms with Gasteiger partial charge in [-0.25, -0.2) is 4.31 Å². The Kier molecular flexibility index (Phi) is 5.29. The topological polar surface area (TPSA) is 60.9 Å². The van der Waals surface area contributed by atoms with Gasteiger partial charge in [0.2, 0.25) is 5.91 Å². The van der Waals surface area contributed by atoms with Gasteiger partial charge in [-0.15, -0.1) is 0 Å². The number of fused-ring (bicyclic) bond motifs is 1. The SMILES string of the molecule is CN(C)S(=O)(=O)N(CC(=O)N1CCc2ccccc2C1)c1ccccc1. The van der Waals surface area contributed by atoms with Crippen LogP contribution in [0.15, 0.2) is 54.6 Å². The fraction of sp³-hybridized carbons (Fsp3) is 0.316. The molecule has 0 radical (unpaired) electrons. The highest BCUT2D eigenvalue weighted by molar-refractivity contribution is 7.90. The molecule has 2 aromatic carbocycles. The minimum absolute atomic E-state index is 0.200. The molecule has 0 saturated heterocycles. The molecule has 3 rings (SSSR count). The Morgan fingerprint density at radius 2 is 1.62 bits per heavy atom. The lowest BCUT2D eigenvalue weighted by molar-refractivity contribution is -0.130. The van der Waals surface area contributed by atoms with Crippen LogP contribution in [0.1, 0.15) is 11.1 Å². The van der Waals surface area contributed by atoms with Gasteiger partial charge in [0.25, 0.3) is 0 Å². The Morgan fingerprint density at radius 1 is 1.00 bits per heavy atom. The van der Waals surface area contributed by atoms with Gasteiger partial charge in [0.15, 0.2) is 0 Å². The van der Waals surface area contributed by atoms with E-state index in [1.165, 1.54) is 19.7 Å². The summed E-state index contributed by atoms with van der Waals surface area (Å²) in [5, 5.41) is 0. The van der Waals surface area contributed by atoms with E-state index in [4.69, 9.17) is 0 Å². The average Bonchev–Trinajstić information content (AvgIpc) is 2.66. The van der Waals surface area contributed by atoms with Crippen LogP contribution in [0.4, 0.5) is 5.69 Å². The van der Waals surface area contributed by atoms with E-state index in [1.54, 1.807) is 29.2 Å². The standard InChI is InChI=1S/C19H23N3O3S/c1-20(2)26(24,25)22(18-10-4-3-5-11-18)15-19(23)21-13-12-16-8-6-7-9-17(16)14-21/h3-11H,12-15H2,1-2H3. The summed E-state index contributed by atoms with van der Waals surface area (Å²) in [5.41, 5.74) is 2.85. The highest BCUT2D eigenvalue weighted by Gasteiger charge is 2.30. The number of benzene rings is 2. The summed E-state index contributed by atoms with van der Waals surface area (Å²) in [5.74, 6) is -0.200. The molecule has 2 aromatic rings. The molecule has 1 amide bonds. The van der Waals surface area contributed by atoms with Crippen molar-refractivity contribution in [1.29, 1.82) is 0 Å². The first-order valence-electron chi connectivity index (χ1n) is 8.49. The zero-order valence-electron chi connectivity index (χ0n) is 15.0. The normalized spacial score (nSPS) is 14.2. The summed E-state index contributed by atoms with van der Waals surface area (Å²) in [4.78, 5) is 14.6. The maximum atomic E-state index is 12.9. The van der Waals surface area contributed by atoms with E-state index >= 15 is 0 Å². The van der Waals surface area contributed by atoms with Crippen LogP contribution in [0.5, 0.6) is 0 Å². The van der Waals surface area contributed by atoms with Crippen LogP contribution < -0.4 is 4.31 Å². The summed E-state index contributed by atoms with van der Waals surface area (Å²) < 4.78 is 27.7. The second-order valence-electron chi connectivity index (χ2n) is 6.47. The van der Waals surface area contributed by atoms with E-state index in [0.717, 1.165) is 20.6 Å². The largest absolute Gasteiger partial charge is 0.336 e. The fourth-order valence-corrected chi connectivity index (χ4v) is 4.08. The first-order chi connectivity index (χ1) is 12.4. The maximum absolute atomic E-state index is 12.9. The molecule has 6 nitrogen and oxygen atoms in total. The van der Waals surface area contributed by atoms with Gasteiger partial charge in [-0.05, 0) is 29.7 Å². The molecule has 0 spiro atoms. The number of anilines is 1. The molecule has 0 N–H and O–H groups in total. The molecule has 138 valence electrons. The maximum Gasteiger partial charge on any atom is 0.304 e. The zero-order chi connectivity index (χ0) is 18.7. The summed E-state index contributed by atoms with van der Waals surface area (Å²) in [7, 11) is -0.837. The van der Waals surface area contributed by atoms with Gasteiger partial charge in [0, 0.05) is 27.2 Å². The van der Waals surface area contributed by atoms with Crippen molar-refractivity contribution in [1.82, 2.24) is 9.21 Å². The van der Waals surface area contributed by atoms with E-state index in [1.807, 2.05) is 24.3 Å². The molecule has 0 bridgehead atoms. The van der Waals surface area contributed by atoms with Crippen LogP contribution in [-0.4, -0.2) is 50.7 Å². The van der Waals surface area contributed by atoms with Crippen LogP contribution in [0.25, 0.3) is 0 Å². The third-order valence-electron chi connectivity index (χ3n) is 4.55. The van der Waals surface area contributed by atoms with E-state index in [2.05, 4.69) is 6.07 Å². The van der Waals surface area contributed by atoms with Crippen molar-refractivity contribution in [2.24, 2.45) is 0 Å². The summed E-state index contributed by atoms with van der Waals surface area (Å²) in [6, 6.07) is 16.8. The molecule has 0 saturated carbocycles. The molecule has 7 heteroatoms. The van der Waals surface area contributed by atoms with Gasteiger partial charge in [-0.3, -0.25) is 4.79 Å². The quantitative estimate of drug-likeness (QED) is 0.804. The molecule has 1 aliphatic rings. The number of carbonyl (C=O) groups excluding carboxylic acids is 1. The lowest BCUT2D eigenvalue weighted by Crippen LogP contribution is -2.47. The van der Waals surface area contributed by atoms with Crippen molar-refractivity contribution >= 4 is 21.8 Å². The van der Waals surface area contributed by atoms with Crippen LogP contribution in [-0.2, 0) is 28.0 Å².